The second-order valence-electron chi connectivity index (χ2n) is 5.14. The zero-order valence-electron chi connectivity index (χ0n) is 10.8. The molecule has 2 rings (SSSR count). The normalized spacial score (nSPS) is 27.9. The molecule has 104 valence electrons. The van der Waals surface area contributed by atoms with E-state index in [1.54, 1.807) is 0 Å². The molecule has 2 fully saturated rings. The molecule has 2 heterocycles. The summed E-state index contributed by atoms with van der Waals surface area (Å²) in [4.78, 5) is 13.0. The Morgan fingerprint density at radius 1 is 1.22 bits per heavy atom. The fraction of sp³-hybridized carbons (Fsp3) is 0.923. The van der Waals surface area contributed by atoms with E-state index in [9.17, 15) is 4.79 Å². The first-order valence-electron chi connectivity index (χ1n) is 6.91. The second kappa shape index (κ2) is 7.07. The first-order chi connectivity index (χ1) is 8.75. The molecule has 2 saturated heterocycles. The number of aliphatic carboxylic acids is 1. The average Bonchev–Trinajstić information content (AvgIpc) is 2.66. The second-order valence-corrected chi connectivity index (χ2v) is 5.14. The molecule has 18 heavy (non-hydrogen) atoms. The van der Waals surface area contributed by atoms with E-state index in [4.69, 9.17) is 14.6 Å². The number of carboxylic acid groups (broad SMARTS) is 1. The van der Waals surface area contributed by atoms with E-state index in [1.165, 1.54) is 6.42 Å². The van der Waals surface area contributed by atoms with E-state index in [-0.39, 0.29) is 12.7 Å². The Balaban J connectivity index is 1.70. The Kier molecular flexibility index (Phi) is 5.41. The molecule has 0 spiro atoms. The number of ether oxygens (including phenoxy) is 2. The smallest absolute Gasteiger partial charge is 0.329 e. The number of carbonyl (C=O) groups is 1. The topological polar surface area (TPSA) is 59.0 Å². The predicted molar refractivity (Wildman–Crippen MR) is 66.6 cm³/mol. The van der Waals surface area contributed by atoms with Crippen LogP contribution >= 0.6 is 0 Å². The van der Waals surface area contributed by atoms with Gasteiger partial charge in [0.25, 0.3) is 0 Å². The molecule has 0 aliphatic carbocycles. The van der Waals surface area contributed by atoms with Crippen LogP contribution in [0.25, 0.3) is 0 Å². The Hall–Kier alpha value is -0.650. The highest BCUT2D eigenvalue weighted by Crippen LogP contribution is 2.21. The van der Waals surface area contributed by atoms with Gasteiger partial charge >= 0.3 is 5.97 Å². The number of hydrogen-bond donors (Lipinski definition) is 1. The Labute approximate surface area is 108 Å². The number of carboxylic acids is 1. The molecule has 2 aliphatic rings. The third-order valence-electron chi connectivity index (χ3n) is 3.86. The van der Waals surface area contributed by atoms with Crippen molar-refractivity contribution in [2.24, 2.45) is 0 Å². The molecule has 0 saturated carbocycles. The van der Waals surface area contributed by atoms with Gasteiger partial charge in [0.05, 0.1) is 6.10 Å². The number of likely N-dealkylation sites (tertiary alicyclic amines) is 1. The Morgan fingerprint density at radius 2 is 2.00 bits per heavy atom. The highest BCUT2D eigenvalue weighted by Gasteiger charge is 2.26. The third-order valence-corrected chi connectivity index (χ3v) is 3.86. The van der Waals surface area contributed by atoms with Gasteiger partial charge in [-0.2, -0.15) is 0 Å². The maximum atomic E-state index is 10.4. The Morgan fingerprint density at radius 3 is 2.72 bits per heavy atom. The van der Waals surface area contributed by atoms with Crippen molar-refractivity contribution < 1.29 is 19.4 Å². The molecule has 1 N–H and O–H groups in total. The van der Waals surface area contributed by atoms with Gasteiger partial charge in [0.15, 0.2) is 0 Å². The van der Waals surface area contributed by atoms with E-state index in [1.807, 2.05) is 0 Å². The summed E-state index contributed by atoms with van der Waals surface area (Å²) in [5.74, 6) is -0.877. The molecule has 0 amide bonds. The summed E-state index contributed by atoms with van der Waals surface area (Å²) >= 11 is 0. The van der Waals surface area contributed by atoms with Crippen LogP contribution in [0.1, 0.15) is 32.1 Å². The molecule has 5 heteroatoms. The third kappa shape index (κ3) is 4.23. The number of rotatable bonds is 4. The van der Waals surface area contributed by atoms with Crippen molar-refractivity contribution in [3.8, 4) is 0 Å². The number of piperidine rings is 1. The molecule has 1 atom stereocenters. The maximum absolute atomic E-state index is 10.4. The summed E-state index contributed by atoms with van der Waals surface area (Å²) in [6.07, 6.45) is 5.52. The summed E-state index contributed by atoms with van der Waals surface area (Å²) in [5.41, 5.74) is 0. The van der Waals surface area contributed by atoms with E-state index < -0.39 is 5.97 Å². The van der Waals surface area contributed by atoms with Crippen molar-refractivity contribution in [1.29, 1.82) is 0 Å². The molecule has 0 radical (unpaired) electrons. The number of hydrogen-bond acceptors (Lipinski definition) is 4. The van der Waals surface area contributed by atoms with Gasteiger partial charge in [0, 0.05) is 32.3 Å². The van der Waals surface area contributed by atoms with Gasteiger partial charge in [-0.3, -0.25) is 0 Å². The molecule has 0 aromatic carbocycles. The largest absolute Gasteiger partial charge is 0.480 e. The molecule has 0 aromatic rings. The standard InChI is InChI=1S/C13H23NO4/c15-13(16)10-18-12-3-6-14(7-4-12)11-2-1-8-17-9-5-11/h11-12H,1-10H2,(H,15,16). The molecule has 2 aliphatic heterocycles. The summed E-state index contributed by atoms with van der Waals surface area (Å²) in [7, 11) is 0. The van der Waals surface area contributed by atoms with Crippen LogP contribution < -0.4 is 0 Å². The van der Waals surface area contributed by atoms with Crippen molar-refractivity contribution >= 4 is 5.97 Å². The van der Waals surface area contributed by atoms with Crippen molar-refractivity contribution in [2.75, 3.05) is 32.9 Å². The van der Waals surface area contributed by atoms with Crippen molar-refractivity contribution in [1.82, 2.24) is 4.90 Å². The van der Waals surface area contributed by atoms with Gasteiger partial charge in [-0.05, 0) is 32.1 Å². The van der Waals surface area contributed by atoms with Gasteiger partial charge in [-0.1, -0.05) is 0 Å². The van der Waals surface area contributed by atoms with Crippen molar-refractivity contribution in [2.45, 2.75) is 44.2 Å². The predicted octanol–water partition coefficient (Wildman–Crippen LogP) is 1.12. The summed E-state index contributed by atoms with van der Waals surface area (Å²) in [6, 6.07) is 0.646. The summed E-state index contributed by atoms with van der Waals surface area (Å²) in [6.45, 7) is 3.65. The molecule has 1 unspecified atom stereocenters. The van der Waals surface area contributed by atoms with Crippen LogP contribution in [0.3, 0.4) is 0 Å². The van der Waals surface area contributed by atoms with Crippen LogP contribution in [0.4, 0.5) is 0 Å². The highest BCUT2D eigenvalue weighted by atomic mass is 16.5. The van der Waals surface area contributed by atoms with Crippen molar-refractivity contribution in [3.63, 3.8) is 0 Å². The van der Waals surface area contributed by atoms with E-state index in [2.05, 4.69) is 4.90 Å². The SMILES string of the molecule is O=C(O)COC1CCN(C2CCCOCC2)CC1. The van der Waals surface area contributed by atoms with Crippen LogP contribution in [0.2, 0.25) is 0 Å². The van der Waals surface area contributed by atoms with Gasteiger partial charge in [-0.25, -0.2) is 4.79 Å². The summed E-state index contributed by atoms with van der Waals surface area (Å²) < 4.78 is 10.8. The van der Waals surface area contributed by atoms with Gasteiger partial charge in [-0.15, -0.1) is 0 Å². The first kappa shape index (κ1) is 13.8. The lowest BCUT2D eigenvalue weighted by Crippen LogP contribution is -2.43. The quantitative estimate of drug-likeness (QED) is 0.818. The molecular formula is C13H23NO4. The lowest BCUT2D eigenvalue weighted by molar-refractivity contribution is -0.145. The minimum atomic E-state index is -0.877. The molecule has 0 aromatic heterocycles. The minimum Gasteiger partial charge on any atom is -0.480 e. The maximum Gasteiger partial charge on any atom is 0.329 e. The fourth-order valence-corrected chi connectivity index (χ4v) is 2.85. The van der Waals surface area contributed by atoms with Crippen LogP contribution in [0.15, 0.2) is 0 Å². The average molecular weight is 257 g/mol. The van der Waals surface area contributed by atoms with Gasteiger partial charge in [0.1, 0.15) is 6.61 Å². The molecular weight excluding hydrogens is 234 g/mol. The summed E-state index contributed by atoms with van der Waals surface area (Å²) in [5, 5.41) is 8.58. The molecule has 0 bridgehead atoms. The van der Waals surface area contributed by atoms with Crippen LogP contribution in [0, 0.1) is 0 Å². The van der Waals surface area contributed by atoms with Crippen molar-refractivity contribution in [3.05, 3.63) is 0 Å². The van der Waals surface area contributed by atoms with Crippen LogP contribution in [-0.4, -0.2) is 61.0 Å². The monoisotopic (exact) mass is 257 g/mol. The molecule has 5 nitrogen and oxygen atoms in total. The lowest BCUT2D eigenvalue weighted by atomic mass is 10.0. The minimum absolute atomic E-state index is 0.124. The fourth-order valence-electron chi connectivity index (χ4n) is 2.85. The zero-order chi connectivity index (χ0) is 12.8. The first-order valence-corrected chi connectivity index (χ1v) is 6.91. The van der Waals surface area contributed by atoms with E-state index in [0.29, 0.717) is 6.04 Å². The van der Waals surface area contributed by atoms with E-state index >= 15 is 0 Å². The number of nitrogens with zero attached hydrogens (tertiary/aromatic N) is 1. The zero-order valence-corrected chi connectivity index (χ0v) is 10.8. The lowest BCUT2D eigenvalue weighted by Gasteiger charge is -2.36. The van der Waals surface area contributed by atoms with Gasteiger partial charge < -0.3 is 19.5 Å². The van der Waals surface area contributed by atoms with Crippen LogP contribution in [0.5, 0.6) is 0 Å². The van der Waals surface area contributed by atoms with Crippen LogP contribution in [-0.2, 0) is 14.3 Å². The Bertz CT molecular complexity index is 256. The van der Waals surface area contributed by atoms with Gasteiger partial charge in [0.2, 0.25) is 0 Å². The van der Waals surface area contributed by atoms with E-state index in [0.717, 1.165) is 52.0 Å². The highest BCUT2D eigenvalue weighted by molar-refractivity contribution is 5.68.